The van der Waals surface area contributed by atoms with Gasteiger partial charge in [0.15, 0.2) is 5.60 Å². The van der Waals surface area contributed by atoms with E-state index in [1.165, 1.54) is 0 Å². The van der Waals surface area contributed by atoms with Crippen LogP contribution in [-0.4, -0.2) is 18.5 Å². The highest BCUT2D eigenvalue weighted by Gasteiger charge is 2.42. The molecule has 0 N–H and O–H groups in total. The SMILES string of the molecule is C=C.C=CCC1(C)Oc2ccc(OC)cc2C1=O. The Bertz CT molecular complexity index is 465. The smallest absolute Gasteiger partial charge is 0.210 e. The highest BCUT2D eigenvalue weighted by Crippen LogP contribution is 2.38. The number of methoxy groups -OCH3 is 1. The van der Waals surface area contributed by atoms with E-state index in [2.05, 4.69) is 19.7 Å². The van der Waals surface area contributed by atoms with E-state index in [-0.39, 0.29) is 5.78 Å². The highest BCUT2D eigenvalue weighted by atomic mass is 16.5. The Morgan fingerprint density at radius 3 is 2.67 bits per heavy atom. The number of rotatable bonds is 3. The quantitative estimate of drug-likeness (QED) is 0.767. The lowest BCUT2D eigenvalue weighted by atomic mass is 9.94. The predicted molar refractivity (Wildman–Crippen MR) is 72.4 cm³/mol. The first-order valence-electron chi connectivity index (χ1n) is 5.63. The number of hydrogen-bond acceptors (Lipinski definition) is 3. The van der Waals surface area contributed by atoms with Crippen LogP contribution in [0.2, 0.25) is 0 Å². The van der Waals surface area contributed by atoms with Gasteiger partial charge in [-0.2, -0.15) is 0 Å². The fourth-order valence-corrected chi connectivity index (χ4v) is 1.89. The molecule has 96 valence electrons. The number of hydrogen-bond donors (Lipinski definition) is 0. The summed E-state index contributed by atoms with van der Waals surface area (Å²) in [4.78, 5) is 12.1. The molecule has 1 aliphatic heterocycles. The Labute approximate surface area is 108 Å². The van der Waals surface area contributed by atoms with Gasteiger partial charge in [-0.1, -0.05) is 6.08 Å². The summed E-state index contributed by atoms with van der Waals surface area (Å²) in [5.74, 6) is 1.27. The average Bonchev–Trinajstić information content (AvgIpc) is 2.64. The summed E-state index contributed by atoms with van der Waals surface area (Å²) in [7, 11) is 1.57. The van der Waals surface area contributed by atoms with E-state index in [9.17, 15) is 4.79 Å². The van der Waals surface area contributed by atoms with Crippen LogP contribution in [0.1, 0.15) is 23.7 Å². The van der Waals surface area contributed by atoms with Crippen molar-refractivity contribution in [3.8, 4) is 11.5 Å². The van der Waals surface area contributed by atoms with Crippen LogP contribution in [-0.2, 0) is 0 Å². The van der Waals surface area contributed by atoms with Gasteiger partial charge in [0.1, 0.15) is 11.5 Å². The molecule has 1 unspecified atom stereocenters. The van der Waals surface area contributed by atoms with Crippen molar-refractivity contribution in [2.24, 2.45) is 0 Å². The zero-order valence-electron chi connectivity index (χ0n) is 10.9. The molecule has 0 amide bonds. The molecule has 0 aliphatic carbocycles. The second-order valence-corrected chi connectivity index (χ2v) is 4.02. The molecule has 0 aromatic heterocycles. The molecule has 0 fully saturated rings. The lowest BCUT2D eigenvalue weighted by Crippen LogP contribution is -2.35. The number of fused-ring (bicyclic) bond motifs is 1. The molecule has 1 aromatic rings. The van der Waals surface area contributed by atoms with Crippen molar-refractivity contribution in [2.45, 2.75) is 18.9 Å². The standard InChI is InChI=1S/C13H14O3.C2H4/c1-4-7-13(2)12(14)10-8-9(15-3)5-6-11(10)16-13;1-2/h4-6,8H,1,7H2,2-3H3;1-2H2. The second kappa shape index (κ2) is 5.54. The first kappa shape index (κ1) is 14.0. The number of carbonyl (C=O) groups excluding carboxylic acids is 1. The highest BCUT2D eigenvalue weighted by molar-refractivity contribution is 6.07. The first-order valence-corrected chi connectivity index (χ1v) is 5.63. The normalized spacial score (nSPS) is 20.2. The van der Waals surface area contributed by atoms with Gasteiger partial charge in [-0.25, -0.2) is 0 Å². The number of ether oxygens (including phenoxy) is 2. The molecule has 3 heteroatoms. The van der Waals surface area contributed by atoms with E-state index in [0.29, 0.717) is 23.5 Å². The van der Waals surface area contributed by atoms with Gasteiger partial charge in [0.05, 0.1) is 12.7 Å². The van der Waals surface area contributed by atoms with Gasteiger partial charge < -0.3 is 9.47 Å². The van der Waals surface area contributed by atoms with Crippen molar-refractivity contribution in [1.82, 2.24) is 0 Å². The van der Waals surface area contributed by atoms with Crippen molar-refractivity contribution >= 4 is 5.78 Å². The Morgan fingerprint density at radius 1 is 1.44 bits per heavy atom. The molecule has 0 spiro atoms. The molecule has 1 aromatic carbocycles. The number of Topliss-reactive ketones (excluding diaryl/α,β-unsaturated/α-hetero) is 1. The third-order valence-corrected chi connectivity index (χ3v) is 2.78. The average molecular weight is 246 g/mol. The van der Waals surface area contributed by atoms with Crippen LogP contribution in [0.4, 0.5) is 0 Å². The molecule has 3 nitrogen and oxygen atoms in total. The molecule has 0 radical (unpaired) electrons. The van der Waals surface area contributed by atoms with E-state index >= 15 is 0 Å². The molecule has 0 saturated carbocycles. The van der Waals surface area contributed by atoms with Crippen molar-refractivity contribution in [3.05, 3.63) is 49.6 Å². The number of carbonyl (C=O) groups is 1. The second-order valence-electron chi connectivity index (χ2n) is 4.02. The molecule has 1 heterocycles. The fourth-order valence-electron chi connectivity index (χ4n) is 1.89. The van der Waals surface area contributed by atoms with Gasteiger partial charge in [0.25, 0.3) is 0 Å². The van der Waals surface area contributed by atoms with E-state index in [4.69, 9.17) is 9.47 Å². The summed E-state index contributed by atoms with van der Waals surface area (Å²) in [6, 6.07) is 5.26. The van der Waals surface area contributed by atoms with Crippen molar-refractivity contribution in [3.63, 3.8) is 0 Å². The molecule has 2 rings (SSSR count). The van der Waals surface area contributed by atoms with E-state index in [1.807, 2.05) is 0 Å². The minimum Gasteiger partial charge on any atom is -0.497 e. The Morgan fingerprint density at radius 2 is 2.11 bits per heavy atom. The maximum atomic E-state index is 12.1. The monoisotopic (exact) mass is 246 g/mol. The lowest BCUT2D eigenvalue weighted by molar-refractivity contribution is 0.0637. The maximum absolute atomic E-state index is 12.1. The van der Waals surface area contributed by atoms with Gasteiger partial charge in [0, 0.05) is 6.42 Å². The van der Waals surface area contributed by atoms with Crippen LogP contribution in [0.25, 0.3) is 0 Å². The maximum Gasteiger partial charge on any atom is 0.210 e. The van der Waals surface area contributed by atoms with Gasteiger partial charge >= 0.3 is 0 Å². The van der Waals surface area contributed by atoms with Gasteiger partial charge in [-0.3, -0.25) is 4.79 Å². The van der Waals surface area contributed by atoms with Crippen LogP contribution >= 0.6 is 0 Å². The van der Waals surface area contributed by atoms with Crippen LogP contribution in [0.15, 0.2) is 44.0 Å². The van der Waals surface area contributed by atoms with Gasteiger partial charge in [-0.05, 0) is 25.1 Å². The Balaban J connectivity index is 0.000000771. The summed E-state index contributed by atoms with van der Waals surface area (Å²) in [6.45, 7) is 11.4. The number of ketones is 1. The van der Waals surface area contributed by atoms with Crippen molar-refractivity contribution < 1.29 is 14.3 Å². The van der Waals surface area contributed by atoms with Crippen LogP contribution in [0, 0.1) is 0 Å². The third kappa shape index (κ3) is 2.30. The molecular formula is C15H18O3. The summed E-state index contributed by atoms with van der Waals surface area (Å²) in [5, 5.41) is 0. The van der Waals surface area contributed by atoms with Crippen LogP contribution in [0.3, 0.4) is 0 Å². The van der Waals surface area contributed by atoms with Crippen LogP contribution in [0.5, 0.6) is 11.5 Å². The molecule has 18 heavy (non-hydrogen) atoms. The third-order valence-electron chi connectivity index (χ3n) is 2.78. The van der Waals surface area contributed by atoms with E-state index in [1.54, 1.807) is 38.3 Å². The first-order chi connectivity index (χ1) is 8.60. The Hall–Kier alpha value is -2.03. The number of benzene rings is 1. The lowest BCUT2D eigenvalue weighted by Gasteiger charge is -2.19. The van der Waals surface area contributed by atoms with Crippen molar-refractivity contribution in [2.75, 3.05) is 7.11 Å². The minimum atomic E-state index is -0.809. The fraction of sp³-hybridized carbons (Fsp3) is 0.267. The van der Waals surface area contributed by atoms with Crippen LogP contribution < -0.4 is 9.47 Å². The summed E-state index contributed by atoms with van der Waals surface area (Å²) < 4.78 is 10.8. The minimum absolute atomic E-state index is 0.0127. The largest absolute Gasteiger partial charge is 0.497 e. The molecule has 1 aliphatic rings. The predicted octanol–water partition coefficient (Wildman–Crippen LogP) is 3.41. The Kier molecular flexibility index (Phi) is 4.32. The summed E-state index contributed by atoms with van der Waals surface area (Å²) in [6.07, 6.45) is 2.20. The van der Waals surface area contributed by atoms with Crippen molar-refractivity contribution in [1.29, 1.82) is 0 Å². The zero-order chi connectivity index (χ0) is 13.8. The molecule has 0 bridgehead atoms. The van der Waals surface area contributed by atoms with E-state index in [0.717, 1.165) is 0 Å². The van der Waals surface area contributed by atoms with Gasteiger partial charge in [-0.15, -0.1) is 19.7 Å². The summed E-state index contributed by atoms with van der Waals surface area (Å²) >= 11 is 0. The zero-order valence-corrected chi connectivity index (χ0v) is 10.9. The molecular weight excluding hydrogens is 228 g/mol. The van der Waals surface area contributed by atoms with Gasteiger partial charge in [0.2, 0.25) is 5.78 Å². The topological polar surface area (TPSA) is 35.5 Å². The molecule has 0 saturated heterocycles. The summed E-state index contributed by atoms with van der Waals surface area (Å²) in [5.41, 5.74) is -0.222. The van der Waals surface area contributed by atoms with E-state index < -0.39 is 5.60 Å². The molecule has 1 atom stereocenters.